The van der Waals surface area contributed by atoms with Crippen molar-refractivity contribution in [3.63, 3.8) is 0 Å². The molecule has 6 heteroatoms. The summed E-state index contributed by atoms with van der Waals surface area (Å²) < 4.78 is 10.6. The van der Waals surface area contributed by atoms with Crippen LogP contribution in [0.15, 0.2) is 53.1 Å². The molecular formula is C21H23N3O3. The van der Waals surface area contributed by atoms with Crippen molar-refractivity contribution < 1.29 is 14.1 Å². The van der Waals surface area contributed by atoms with Gasteiger partial charge in [0.05, 0.1) is 25.6 Å². The molecule has 1 N–H and O–H groups in total. The monoisotopic (exact) mass is 365 g/mol. The van der Waals surface area contributed by atoms with Crippen LogP contribution in [0.3, 0.4) is 0 Å². The highest BCUT2D eigenvalue weighted by molar-refractivity contribution is 5.93. The lowest BCUT2D eigenvalue weighted by atomic mass is 9.95. The summed E-state index contributed by atoms with van der Waals surface area (Å²) in [5.41, 5.74) is 3.02. The summed E-state index contributed by atoms with van der Waals surface area (Å²) in [5.74, 6) is 1.65. The fraction of sp³-hybridized carbons (Fsp3) is 0.286. The Labute approximate surface area is 158 Å². The number of benzene rings is 2. The van der Waals surface area contributed by atoms with Crippen molar-refractivity contribution in [2.45, 2.75) is 32.6 Å². The number of nitrogens with one attached hydrogen (secondary N) is 1. The normalized spacial score (nSPS) is 10.8. The predicted octanol–water partition coefficient (Wildman–Crippen LogP) is 3.97. The van der Waals surface area contributed by atoms with Crippen LogP contribution >= 0.6 is 0 Å². The Morgan fingerprint density at radius 3 is 2.67 bits per heavy atom. The first kappa shape index (κ1) is 18.6. The highest BCUT2D eigenvalue weighted by atomic mass is 16.5. The number of rotatable bonds is 7. The molecule has 3 aromatic rings. The van der Waals surface area contributed by atoms with Gasteiger partial charge in [0, 0.05) is 0 Å². The van der Waals surface area contributed by atoms with Gasteiger partial charge in [-0.05, 0) is 29.2 Å². The molecule has 0 bridgehead atoms. The third kappa shape index (κ3) is 4.73. The fourth-order valence-electron chi connectivity index (χ4n) is 2.94. The third-order valence-electron chi connectivity index (χ3n) is 4.23. The van der Waals surface area contributed by atoms with E-state index in [2.05, 4.69) is 41.4 Å². The molecule has 0 aliphatic heterocycles. The van der Waals surface area contributed by atoms with Gasteiger partial charge in [0.1, 0.15) is 5.75 Å². The Morgan fingerprint density at radius 1 is 1.15 bits per heavy atom. The predicted molar refractivity (Wildman–Crippen MR) is 103 cm³/mol. The maximum Gasteiger partial charge on any atom is 0.232 e. The quantitative estimate of drug-likeness (QED) is 0.685. The van der Waals surface area contributed by atoms with E-state index in [1.165, 1.54) is 5.56 Å². The number of methoxy groups -OCH3 is 1. The third-order valence-corrected chi connectivity index (χ3v) is 4.23. The van der Waals surface area contributed by atoms with Gasteiger partial charge in [-0.15, -0.1) is 0 Å². The van der Waals surface area contributed by atoms with Crippen molar-refractivity contribution in [3.05, 3.63) is 71.4 Å². The van der Waals surface area contributed by atoms with E-state index in [0.29, 0.717) is 35.5 Å². The summed E-state index contributed by atoms with van der Waals surface area (Å²) in [5, 5.41) is 6.74. The lowest BCUT2D eigenvalue weighted by Crippen LogP contribution is -2.15. The van der Waals surface area contributed by atoms with E-state index in [9.17, 15) is 4.79 Å². The van der Waals surface area contributed by atoms with Crippen LogP contribution in [0.2, 0.25) is 0 Å². The topological polar surface area (TPSA) is 77.2 Å². The van der Waals surface area contributed by atoms with E-state index < -0.39 is 0 Å². The number of carbonyl (C=O) groups excluding carboxylic acids is 1. The Morgan fingerprint density at radius 2 is 1.89 bits per heavy atom. The summed E-state index contributed by atoms with van der Waals surface area (Å²) >= 11 is 0. The summed E-state index contributed by atoms with van der Waals surface area (Å²) in [6, 6.07) is 15.4. The molecule has 6 nitrogen and oxygen atoms in total. The number of hydrogen-bond acceptors (Lipinski definition) is 5. The van der Waals surface area contributed by atoms with Crippen LogP contribution in [0.1, 0.15) is 42.6 Å². The molecule has 3 rings (SSSR count). The molecular weight excluding hydrogens is 342 g/mol. The van der Waals surface area contributed by atoms with Crippen molar-refractivity contribution in [1.82, 2.24) is 10.1 Å². The summed E-state index contributed by atoms with van der Waals surface area (Å²) in [6.07, 6.45) is 0.586. The van der Waals surface area contributed by atoms with E-state index in [1.54, 1.807) is 19.2 Å². The van der Waals surface area contributed by atoms with Crippen molar-refractivity contribution in [2.24, 2.45) is 0 Å². The smallest absolute Gasteiger partial charge is 0.232 e. The largest absolute Gasteiger partial charge is 0.495 e. The highest BCUT2D eigenvalue weighted by Crippen LogP contribution is 2.23. The number of para-hydroxylation sites is 2. The van der Waals surface area contributed by atoms with E-state index >= 15 is 0 Å². The zero-order valence-electron chi connectivity index (χ0n) is 15.7. The van der Waals surface area contributed by atoms with E-state index in [0.717, 1.165) is 5.56 Å². The van der Waals surface area contributed by atoms with Gasteiger partial charge < -0.3 is 14.6 Å². The molecule has 0 aliphatic carbocycles. The second-order valence-corrected chi connectivity index (χ2v) is 6.56. The van der Waals surface area contributed by atoms with Crippen LogP contribution in [0.25, 0.3) is 0 Å². The average molecular weight is 365 g/mol. The zero-order chi connectivity index (χ0) is 19.2. The van der Waals surface area contributed by atoms with Crippen LogP contribution in [-0.4, -0.2) is 23.2 Å². The van der Waals surface area contributed by atoms with E-state index in [-0.39, 0.29) is 12.3 Å². The molecule has 1 aromatic heterocycles. The van der Waals surface area contributed by atoms with Crippen LogP contribution in [0, 0.1) is 0 Å². The van der Waals surface area contributed by atoms with Gasteiger partial charge in [-0.1, -0.05) is 55.4 Å². The summed E-state index contributed by atoms with van der Waals surface area (Å²) in [4.78, 5) is 16.6. The van der Waals surface area contributed by atoms with Gasteiger partial charge in [-0.3, -0.25) is 4.79 Å². The maximum absolute atomic E-state index is 12.3. The first-order valence-electron chi connectivity index (χ1n) is 8.89. The number of aromatic nitrogens is 2. The lowest BCUT2D eigenvalue weighted by molar-refractivity contribution is -0.115. The van der Waals surface area contributed by atoms with Gasteiger partial charge in [0.25, 0.3) is 0 Å². The molecule has 0 fully saturated rings. The Kier molecular flexibility index (Phi) is 5.86. The second-order valence-electron chi connectivity index (χ2n) is 6.56. The number of amides is 1. The molecule has 2 aromatic carbocycles. The first-order valence-corrected chi connectivity index (χ1v) is 8.89. The number of anilines is 1. The van der Waals surface area contributed by atoms with Crippen molar-refractivity contribution in [3.8, 4) is 5.75 Å². The van der Waals surface area contributed by atoms with Gasteiger partial charge in [0.15, 0.2) is 5.82 Å². The molecule has 0 atom stereocenters. The lowest BCUT2D eigenvalue weighted by Gasteiger charge is -2.10. The first-order chi connectivity index (χ1) is 13.1. The minimum Gasteiger partial charge on any atom is -0.495 e. The molecule has 1 amide bonds. The van der Waals surface area contributed by atoms with Crippen molar-refractivity contribution >= 4 is 11.6 Å². The number of carbonyl (C=O) groups is 1. The van der Waals surface area contributed by atoms with Crippen LogP contribution < -0.4 is 10.1 Å². The minimum absolute atomic E-state index is 0.0351. The second kappa shape index (κ2) is 8.49. The SMILES string of the molecule is COc1ccccc1NC(=O)Cc1noc(Cc2ccccc2C(C)C)n1. The molecule has 0 saturated heterocycles. The number of nitrogens with zero attached hydrogens (tertiary/aromatic N) is 2. The number of ether oxygens (including phenoxy) is 1. The Balaban J connectivity index is 1.65. The van der Waals surface area contributed by atoms with Crippen LogP contribution in [0.4, 0.5) is 5.69 Å². The van der Waals surface area contributed by atoms with Gasteiger partial charge in [-0.2, -0.15) is 4.98 Å². The van der Waals surface area contributed by atoms with Crippen LogP contribution in [-0.2, 0) is 17.6 Å². The molecule has 1 heterocycles. The van der Waals surface area contributed by atoms with Crippen LogP contribution in [0.5, 0.6) is 5.75 Å². The van der Waals surface area contributed by atoms with Crippen molar-refractivity contribution in [2.75, 3.05) is 12.4 Å². The van der Waals surface area contributed by atoms with Gasteiger partial charge in [-0.25, -0.2) is 0 Å². The Hall–Kier alpha value is -3.15. The molecule has 0 unspecified atom stereocenters. The van der Waals surface area contributed by atoms with Gasteiger partial charge >= 0.3 is 0 Å². The van der Waals surface area contributed by atoms with E-state index in [4.69, 9.17) is 9.26 Å². The zero-order valence-corrected chi connectivity index (χ0v) is 15.7. The number of hydrogen-bond donors (Lipinski definition) is 1. The molecule has 140 valence electrons. The fourth-order valence-corrected chi connectivity index (χ4v) is 2.94. The molecule has 0 saturated carbocycles. The van der Waals surface area contributed by atoms with E-state index in [1.807, 2.05) is 24.3 Å². The summed E-state index contributed by atoms with van der Waals surface area (Å²) in [6.45, 7) is 4.31. The molecule has 0 radical (unpaired) electrons. The average Bonchev–Trinajstić information content (AvgIpc) is 3.09. The molecule has 0 aliphatic rings. The van der Waals surface area contributed by atoms with Gasteiger partial charge in [0.2, 0.25) is 11.8 Å². The molecule has 27 heavy (non-hydrogen) atoms. The van der Waals surface area contributed by atoms with Crippen molar-refractivity contribution in [1.29, 1.82) is 0 Å². The standard InChI is InChI=1S/C21H23N3O3/c1-14(2)16-9-5-4-8-15(16)12-21-23-19(24-27-21)13-20(25)22-17-10-6-7-11-18(17)26-3/h4-11,14H,12-13H2,1-3H3,(H,22,25). The Bertz CT molecular complexity index is 918. The minimum atomic E-state index is -0.227. The summed E-state index contributed by atoms with van der Waals surface area (Å²) in [7, 11) is 1.56. The highest BCUT2D eigenvalue weighted by Gasteiger charge is 2.15. The molecule has 0 spiro atoms. The maximum atomic E-state index is 12.3.